The van der Waals surface area contributed by atoms with Crippen LogP contribution in [0.5, 0.6) is 0 Å². The van der Waals surface area contributed by atoms with Gasteiger partial charge in [0.2, 0.25) is 0 Å². The summed E-state index contributed by atoms with van der Waals surface area (Å²) in [6.07, 6.45) is 13.3. The molecule has 2 aromatic carbocycles. The fourth-order valence-corrected chi connectivity index (χ4v) is 14.3. The SMILES string of the molecule is CC(C)C1=C2[C@H]3CC[C@H]4[C@@]5(C)CC=C(C6=CC[C@](CF)(C(=O)OCc7ccccc7)CC6)C(C)(C)[C@H]5CC[C@]4(C)[C@@]3(C)CC[C@]2(C(=O)OCc2ccccc2)CC1=O. The Bertz CT molecular complexity index is 2040. The van der Waals surface area contributed by atoms with Crippen molar-refractivity contribution in [1.82, 2.24) is 0 Å². The average Bonchev–Trinajstić information content (AvgIpc) is 3.53. The Morgan fingerprint density at radius 1 is 0.741 bits per heavy atom. The summed E-state index contributed by atoms with van der Waals surface area (Å²) >= 11 is 0. The molecule has 0 aromatic heterocycles. The van der Waals surface area contributed by atoms with Crippen LogP contribution in [0.4, 0.5) is 4.39 Å². The van der Waals surface area contributed by atoms with Gasteiger partial charge in [0, 0.05) is 6.42 Å². The van der Waals surface area contributed by atoms with Gasteiger partial charge < -0.3 is 9.47 Å². The molecule has 0 radical (unpaired) electrons. The zero-order chi connectivity index (χ0) is 41.3. The third-order valence-corrected chi connectivity index (χ3v) is 17.5. The molecule has 6 aliphatic rings. The summed E-state index contributed by atoms with van der Waals surface area (Å²) in [5.74, 6) is 0.685. The molecule has 58 heavy (non-hydrogen) atoms. The van der Waals surface area contributed by atoms with Crippen LogP contribution in [-0.4, -0.2) is 24.4 Å². The lowest BCUT2D eigenvalue weighted by molar-refractivity contribution is -0.202. The minimum atomic E-state index is -1.13. The van der Waals surface area contributed by atoms with Crippen molar-refractivity contribution in [3.05, 3.63) is 106 Å². The Morgan fingerprint density at radius 3 is 1.97 bits per heavy atom. The molecule has 5 nitrogen and oxygen atoms in total. The molecule has 8 rings (SSSR count). The first-order valence-electron chi connectivity index (χ1n) is 22.2. The standard InChI is InChI=1S/C52H65FO5/c1-34(2)43-40(54)30-52(46(56)58-32-36-16-12-9-13-17-36)29-28-49(6)39(44(43)52)18-19-42-48(5)24-22-38(47(3,4)41(48)23-25-50(42,49)7)37-20-26-51(33-53,27-21-37)45(55)57-31-35-14-10-8-11-15-35/h8-17,20,22,34,39,41-42H,18-19,21,23-33H2,1-7H3/t39-,41-,42+,48+,49+,50+,51+,52+/m1/s1. The third kappa shape index (κ3) is 6.15. The number of carbonyl (C=O) groups is 3. The van der Waals surface area contributed by atoms with Gasteiger partial charge in [-0.3, -0.25) is 14.4 Å². The van der Waals surface area contributed by atoms with Crippen LogP contribution in [-0.2, 0) is 37.1 Å². The molecule has 0 saturated heterocycles. The molecule has 310 valence electrons. The van der Waals surface area contributed by atoms with Gasteiger partial charge in [-0.2, -0.15) is 0 Å². The number of hydrogen-bond donors (Lipinski definition) is 0. The van der Waals surface area contributed by atoms with Crippen LogP contribution in [0.1, 0.15) is 130 Å². The first-order valence-corrected chi connectivity index (χ1v) is 22.2. The first kappa shape index (κ1) is 41.0. The Kier molecular flexibility index (Phi) is 10.4. The van der Waals surface area contributed by atoms with Gasteiger partial charge in [-0.25, -0.2) is 4.39 Å². The van der Waals surface area contributed by atoms with E-state index in [0.29, 0.717) is 37.5 Å². The molecule has 2 aromatic rings. The van der Waals surface area contributed by atoms with Gasteiger partial charge in [-0.1, -0.05) is 121 Å². The maximum absolute atomic E-state index is 14.8. The number of ether oxygens (including phenoxy) is 2. The van der Waals surface area contributed by atoms with E-state index in [-0.39, 0.29) is 64.9 Å². The molecule has 6 aliphatic carbocycles. The molecule has 0 aliphatic heterocycles. The van der Waals surface area contributed by atoms with Gasteiger partial charge in [0.25, 0.3) is 0 Å². The van der Waals surface area contributed by atoms with Crippen molar-refractivity contribution in [3.8, 4) is 0 Å². The number of halogens is 1. The van der Waals surface area contributed by atoms with Crippen molar-refractivity contribution in [3.63, 3.8) is 0 Å². The number of ketones is 1. The van der Waals surface area contributed by atoms with Crippen molar-refractivity contribution in [2.24, 2.45) is 56.2 Å². The summed E-state index contributed by atoms with van der Waals surface area (Å²) in [6, 6.07) is 19.5. The molecule has 3 saturated carbocycles. The third-order valence-electron chi connectivity index (χ3n) is 17.5. The maximum Gasteiger partial charge on any atom is 0.317 e. The summed E-state index contributed by atoms with van der Waals surface area (Å²) < 4.78 is 26.6. The normalized spacial score (nSPS) is 36.5. The summed E-state index contributed by atoms with van der Waals surface area (Å²) in [4.78, 5) is 41.8. The Hall–Kier alpha value is -3.80. The number of carbonyl (C=O) groups excluding carboxylic acids is 3. The van der Waals surface area contributed by atoms with Gasteiger partial charge in [0.15, 0.2) is 5.78 Å². The highest BCUT2D eigenvalue weighted by Gasteiger charge is 2.70. The van der Waals surface area contributed by atoms with Crippen molar-refractivity contribution in [2.75, 3.05) is 6.67 Å². The van der Waals surface area contributed by atoms with E-state index in [2.05, 4.69) is 60.6 Å². The number of benzene rings is 2. The highest BCUT2D eigenvalue weighted by atomic mass is 19.1. The van der Waals surface area contributed by atoms with E-state index in [0.717, 1.165) is 60.8 Å². The van der Waals surface area contributed by atoms with Crippen LogP contribution < -0.4 is 0 Å². The number of hydrogen-bond acceptors (Lipinski definition) is 5. The van der Waals surface area contributed by atoms with E-state index in [1.807, 2.05) is 60.7 Å². The van der Waals surface area contributed by atoms with Gasteiger partial charge >= 0.3 is 11.9 Å². The number of fused-ring (bicyclic) bond motifs is 7. The van der Waals surface area contributed by atoms with Gasteiger partial charge in [-0.05, 0) is 143 Å². The minimum Gasteiger partial charge on any atom is -0.460 e. The van der Waals surface area contributed by atoms with E-state index in [1.165, 1.54) is 11.1 Å². The summed E-state index contributed by atoms with van der Waals surface area (Å²) in [5, 5.41) is 0. The molecule has 6 heteroatoms. The molecule has 0 unspecified atom stereocenters. The lowest BCUT2D eigenvalue weighted by Gasteiger charge is -2.71. The maximum atomic E-state index is 14.8. The minimum absolute atomic E-state index is 0.0361. The second-order valence-corrected chi connectivity index (χ2v) is 20.8. The van der Waals surface area contributed by atoms with E-state index in [9.17, 15) is 18.8 Å². The van der Waals surface area contributed by atoms with Crippen LogP contribution in [0.15, 0.2) is 95.1 Å². The van der Waals surface area contributed by atoms with Crippen molar-refractivity contribution in [2.45, 2.75) is 132 Å². The fraction of sp³-hybridized carbons (Fsp3) is 0.596. The Balaban J connectivity index is 1.05. The zero-order valence-electron chi connectivity index (χ0n) is 36.1. The number of allylic oxidation sites excluding steroid dienone is 5. The zero-order valence-corrected chi connectivity index (χ0v) is 36.1. The lowest BCUT2D eigenvalue weighted by Crippen LogP contribution is -2.64. The molecular formula is C52H65FO5. The van der Waals surface area contributed by atoms with E-state index >= 15 is 0 Å². The molecular weight excluding hydrogens is 724 g/mol. The van der Waals surface area contributed by atoms with Crippen LogP contribution in [0.2, 0.25) is 0 Å². The second-order valence-electron chi connectivity index (χ2n) is 20.8. The number of rotatable bonds is 9. The van der Waals surface area contributed by atoms with E-state index < -0.39 is 23.5 Å². The fourth-order valence-electron chi connectivity index (χ4n) is 14.3. The quantitative estimate of drug-likeness (QED) is 0.237. The number of esters is 2. The topological polar surface area (TPSA) is 69.7 Å². The molecule has 0 N–H and O–H groups in total. The first-order chi connectivity index (χ1) is 27.6. The predicted octanol–water partition coefficient (Wildman–Crippen LogP) is 12.1. The van der Waals surface area contributed by atoms with Crippen molar-refractivity contribution >= 4 is 17.7 Å². The van der Waals surface area contributed by atoms with Crippen molar-refractivity contribution in [1.29, 1.82) is 0 Å². The van der Waals surface area contributed by atoms with Gasteiger partial charge in [0.1, 0.15) is 19.9 Å². The predicted molar refractivity (Wildman–Crippen MR) is 226 cm³/mol. The Morgan fingerprint density at radius 2 is 1.38 bits per heavy atom. The largest absolute Gasteiger partial charge is 0.460 e. The lowest BCUT2D eigenvalue weighted by atomic mass is 9.33. The average molecular weight is 789 g/mol. The van der Waals surface area contributed by atoms with E-state index in [4.69, 9.17) is 9.47 Å². The second kappa shape index (κ2) is 14.7. The van der Waals surface area contributed by atoms with Crippen LogP contribution in [0.3, 0.4) is 0 Å². The summed E-state index contributed by atoms with van der Waals surface area (Å²) in [5.41, 5.74) is 4.55. The number of alkyl halides is 1. The van der Waals surface area contributed by atoms with E-state index in [1.54, 1.807) is 0 Å². The monoisotopic (exact) mass is 788 g/mol. The highest BCUT2D eigenvalue weighted by Crippen LogP contribution is 2.77. The van der Waals surface area contributed by atoms with Crippen LogP contribution >= 0.6 is 0 Å². The summed E-state index contributed by atoms with van der Waals surface area (Å²) in [7, 11) is 0. The van der Waals surface area contributed by atoms with Crippen molar-refractivity contribution < 1.29 is 28.2 Å². The summed E-state index contributed by atoms with van der Waals surface area (Å²) in [6.45, 7) is 16.4. The van der Waals surface area contributed by atoms with Gasteiger partial charge in [0.05, 0.1) is 10.8 Å². The molecule has 0 heterocycles. The molecule has 0 bridgehead atoms. The Labute approximate surface area is 346 Å². The highest BCUT2D eigenvalue weighted by molar-refractivity contribution is 6.06. The molecule has 8 atom stereocenters. The number of Topliss-reactive ketones (excluding diaryl/α,β-unsaturated/α-hetero) is 1. The van der Waals surface area contributed by atoms with Crippen LogP contribution in [0.25, 0.3) is 0 Å². The molecule has 3 fully saturated rings. The van der Waals surface area contributed by atoms with Gasteiger partial charge in [-0.15, -0.1) is 0 Å². The smallest absolute Gasteiger partial charge is 0.317 e. The molecule has 0 spiro atoms. The molecule has 0 amide bonds. The van der Waals surface area contributed by atoms with Crippen LogP contribution in [0, 0.1) is 56.2 Å².